The van der Waals surface area contributed by atoms with Gasteiger partial charge < -0.3 is 0 Å². The highest BCUT2D eigenvalue weighted by Crippen LogP contribution is 2.17. The lowest BCUT2D eigenvalue weighted by Crippen LogP contribution is -2.56. The molecule has 0 radical (unpaired) electrons. The number of benzene rings is 3. The Balaban J connectivity index is 2.50. The molecule has 7 heteroatoms. The van der Waals surface area contributed by atoms with Gasteiger partial charge in [0, 0.05) is 18.2 Å². The van der Waals surface area contributed by atoms with Crippen LogP contribution in [0.4, 0.5) is 26.3 Å². The van der Waals surface area contributed by atoms with Gasteiger partial charge in [0.1, 0.15) is 34.9 Å². The fraction of sp³-hybridized carbons (Fsp3) is 0.250. The van der Waals surface area contributed by atoms with E-state index >= 15 is 0 Å². The molecule has 0 aliphatic heterocycles. The molecule has 0 aliphatic rings. The smallest absolute Gasteiger partial charge is 0.207 e. The van der Waals surface area contributed by atoms with E-state index in [1.54, 1.807) is 20.8 Å². The second kappa shape index (κ2) is 9.21. The van der Waals surface area contributed by atoms with E-state index in [0.29, 0.717) is 0 Å². The normalized spacial score (nSPS) is 11.1. The summed E-state index contributed by atoms with van der Waals surface area (Å²) in [6.07, 6.45) is 0.448. The largest absolute Gasteiger partial charge is 0.243 e. The van der Waals surface area contributed by atoms with Gasteiger partial charge in [-0.05, 0) is 54.2 Å². The van der Waals surface area contributed by atoms with Gasteiger partial charge in [-0.3, -0.25) is 0 Å². The first-order valence-corrected chi connectivity index (χ1v) is 10.1. The molecule has 0 atom stereocenters. The second-order valence-corrected chi connectivity index (χ2v) is 7.36. The third kappa shape index (κ3) is 4.36. The highest BCUT2D eigenvalue weighted by Gasteiger charge is 2.32. The van der Waals surface area contributed by atoms with E-state index in [1.165, 1.54) is 0 Å². The van der Waals surface area contributed by atoms with Gasteiger partial charge in [0.15, 0.2) is 0 Å². The van der Waals surface area contributed by atoms with Crippen LogP contribution in [0.3, 0.4) is 0 Å². The SMILES string of the molecule is CCc1c(F)cc(F)cc1B(c1cc(F)cc(F)c1CC)c1cc(F)cc(F)c1CC. The standard InChI is InChI=1S/C24H21BF6/c1-4-16-19(7-13(26)10-22(16)29)25(20-8-14(27)11-23(30)17(20)5-2)21-9-15(28)12-24(31)18(21)6-3/h7-12H,4-6H2,1-3H3. The van der Waals surface area contributed by atoms with E-state index in [0.717, 1.165) is 36.4 Å². The highest BCUT2D eigenvalue weighted by atomic mass is 19.2. The molecule has 162 valence electrons. The second-order valence-electron chi connectivity index (χ2n) is 7.36. The quantitative estimate of drug-likeness (QED) is 0.389. The lowest BCUT2D eigenvalue weighted by molar-refractivity contribution is 0.576. The number of halogens is 6. The Hall–Kier alpha value is -2.70. The minimum atomic E-state index is -1.17. The fourth-order valence-corrected chi connectivity index (χ4v) is 4.26. The van der Waals surface area contributed by atoms with Crippen LogP contribution in [0, 0.1) is 34.9 Å². The van der Waals surface area contributed by atoms with E-state index in [9.17, 15) is 26.3 Å². The summed E-state index contributed by atoms with van der Waals surface area (Å²) in [5.41, 5.74) is 0.595. The Bertz CT molecular complexity index is 984. The molecular weight excluding hydrogens is 413 g/mol. The van der Waals surface area contributed by atoms with Crippen molar-refractivity contribution in [2.75, 3.05) is 0 Å². The van der Waals surface area contributed by atoms with E-state index in [2.05, 4.69) is 0 Å². The van der Waals surface area contributed by atoms with E-state index < -0.39 is 41.6 Å². The minimum Gasteiger partial charge on any atom is -0.207 e. The van der Waals surface area contributed by atoms with Gasteiger partial charge in [0.2, 0.25) is 6.71 Å². The molecule has 0 fully saturated rings. The van der Waals surface area contributed by atoms with Crippen molar-refractivity contribution < 1.29 is 26.3 Å². The van der Waals surface area contributed by atoms with Gasteiger partial charge in [0.05, 0.1) is 0 Å². The van der Waals surface area contributed by atoms with Crippen molar-refractivity contribution >= 4 is 23.1 Å². The molecule has 0 heterocycles. The third-order valence-electron chi connectivity index (χ3n) is 5.58. The molecule has 0 saturated heterocycles. The molecule has 0 unspecified atom stereocenters. The molecule has 0 spiro atoms. The summed E-state index contributed by atoms with van der Waals surface area (Å²) >= 11 is 0. The molecule has 31 heavy (non-hydrogen) atoms. The van der Waals surface area contributed by atoms with Crippen molar-refractivity contribution in [3.63, 3.8) is 0 Å². The predicted molar refractivity (Wildman–Crippen MR) is 112 cm³/mol. The van der Waals surface area contributed by atoms with Crippen molar-refractivity contribution in [2.45, 2.75) is 40.0 Å². The van der Waals surface area contributed by atoms with Crippen LogP contribution >= 0.6 is 0 Å². The maximum absolute atomic E-state index is 14.6. The summed E-state index contributed by atoms with van der Waals surface area (Å²) in [7, 11) is 0. The molecule has 0 bridgehead atoms. The number of hydrogen-bond donors (Lipinski definition) is 0. The van der Waals surface area contributed by atoms with Crippen LogP contribution in [-0.2, 0) is 19.3 Å². The van der Waals surface area contributed by atoms with E-state index in [1.807, 2.05) is 0 Å². The van der Waals surface area contributed by atoms with Crippen molar-refractivity contribution in [1.29, 1.82) is 0 Å². The van der Waals surface area contributed by atoms with Crippen molar-refractivity contribution in [1.82, 2.24) is 0 Å². The average molecular weight is 434 g/mol. The minimum absolute atomic E-state index is 0.0828. The number of hydrogen-bond acceptors (Lipinski definition) is 0. The first-order valence-electron chi connectivity index (χ1n) is 10.1. The van der Waals surface area contributed by atoms with Gasteiger partial charge >= 0.3 is 0 Å². The lowest BCUT2D eigenvalue weighted by atomic mass is 9.34. The van der Waals surface area contributed by atoms with Crippen LogP contribution in [0.1, 0.15) is 37.5 Å². The van der Waals surface area contributed by atoms with Crippen molar-refractivity contribution in [3.05, 3.63) is 88.0 Å². The molecule has 0 nitrogen and oxygen atoms in total. The number of rotatable bonds is 6. The maximum atomic E-state index is 14.6. The van der Waals surface area contributed by atoms with Crippen LogP contribution in [0.2, 0.25) is 0 Å². The van der Waals surface area contributed by atoms with Gasteiger partial charge in [-0.25, -0.2) is 26.3 Å². The molecule has 0 aromatic heterocycles. The summed E-state index contributed by atoms with van der Waals surface area (Å²) in [5.74, 6) is -5.15. The Labute approximate surface area is 178 Å². The van der Waals surface area contributed by atoms with Crippen LogP contribution in [0.15, 0.2) is 36.4 Å². The van der Waals surface area contributed by atoms with E-state index in [4.69, 9.17) is 0 Å². The Morgan fingerprint density at radius 1 is 0.484 bits per heavy atom. The van der Waals surface area contributed by atoms with Gasteiger partial charge in [-0.1, -0.05) is 37.2 Å². The van der Waals surface area contributed by atoms with E-state index in [-0.39, 0.29) is 52.3 Å². The fourth-order valence-electron chi connectivity index (χ4n) is 4.26. The summed E-state index contributed by atoms with van der Waals surface area (Å²) in [6, 6.07) is 5.36. The van der Waals surface area contributed by atoms with Crippen LogP contribution in [0.5, 0.6) is 0 Å². The first-order chi connectivity index (χ1) is 14.7. The van der Waals surface area contributed by atoms with Gasteiger partial charge in [-0.15, -0.1) is 0 Å². The molecule has 0 amide bonds. The zero-order valence-electron chi connectivity index (χ0n) is 17.4. The topological polar surface area (TPSA) is 0 Å². The Morgan fingerprint density at radius 3 is 0.968 bits per heavy atom. The van der Waals surface area contributed by atoms with Crippen LogP contribution < -0.4 is 16.4 Å². The Kier molecular flexibility index (Phi) is 6.82. The van der Waals surface area contributed by atoms with Gasteiger partial charge in [0.25, 0.3) is 0 Å². The molecule has 3 rings (SSSR count). The maximum Gasteiger partial charge on any atom is 0.243 e. The molecule has 3 aromatic rings. The third-order valence-corrected chi connectivity index (χ3v) is 5.58. The summed E-state index contributed by atoms with van der Waals surface area (Å²) < 4.78 is 86.8. The van der Waals surface area contributed by atoms with Crippen LogP contribution in [0.25, 0.3) is 0 Å². The summed E-state index contributed by atoms with van der Waals surface area (Å²) in [5, 5.41) is 0. The zero-order chi connectivity index (χ0) is 22.9. The molecule has 0 N–H and O–H groups in total. The lowest BCUT2D eigenvalue weighted by Gasteiger charge is -2.24. The van der Waals surface area contributed by atoms with Gasteiger partial charge in [-0.2, -0.15) is 0 Å². The van der Waals surface area contributed by atoms with Crippen LogP contribution in [-0.4, -0.2) is 6.71 Å². The monoisotopic (exact) mass is 434 g/mol. The summed E-state index contributed by atoms with van der Waals surface area (Å²) in [6.45, 7) is 3.78. The molecule has 0 aliphatic carbocycles. The molecule has 3 aromatic carbocycles. The zero-order valence-corrected chi connectivity index (χ0v) is 17.4. The van der Waals surface area contributed by atoms with Crippen molar-refractivity contribution in [3.8, 4) is 0 Å². The molecule has 0 saturated carbocycles. The Morgan fingerprint density at radius 2 is 0.742 bits per heavy atom. The van der Waals surface area contributed by atoms with Crippen molar-refractivity contribution in [2.24, 2.45) is 0 Å². The predicted octanol–water partition coefficient (Wildman–Crippen LogP) is 4.72. The summed E-state index contributed by atoms with van der Waals surface area (Å²) in [4.78, 5) is 0. The highest BCUT2D eigenvalue weighted by molar-refractivity contribution is 6.96. The molecular formula is C24H21BF6. The first kappa shape index (κ1) is 23.0. The average Bonchev–Trinajstić information content (AvgIpc) is 2.67.